The van der Waals surface area contributed by atoms with Crippen LogP contribution in [0.3, 0.4) is 0 Å². The molecule has 4 aromatic carbocycles. The SMILES string of the molecule is Clc1cc2c(cc1Cl)Oc1cc(Cl)c(Cl)cc1O2.Clc1cc2oc3cc(Cl)c(Cl)c(Cl)c3c2c(Cl)c1Cl. The molecule has 1 aliphatic heterocycles. The lowest BCUT2D eigenvalue weighted by atomic mass is 10.1. The number of fused-ring (bicyclic) bond motifs is 5. The van der Waals surface area contributed by atoms with E-state index >= 15 is 0 Å². The van der Waals surface area contributed by atoms with E-state index in [-0.39, 0.29) is 20.1 Å². The van der Waals surface area contributed by atoms with Gasteiger partial charge in [0.05, 0.1) is 50.2 Å². The Morgan fingerprint density at radius 3 is 0.946 bits per heavy atom. The number of rotatable bonds is 0. The van der Waals surface area contributed by atoms with Gasteiger partial charge in [-0.3, -0.25) is 0 Å². The maximum atomic E-state index is 6.20. The van der Waals surface area contributed by atoms with Crippen molar-refractivity contribution in [1.82, 2.24) is 0 Å². The molecule has 0 spiro atoms. The van der Waals surface area contributed by atoms with Crippen LogP contribution in [-0.4, -0.2) is 0 Å². The fourth-order valence-electron chi connectivity index (χ4n) is 3.47. The zero-order valence-electron chi connectivity index (χ0n) is 17.5. The van der Waals surface area contributed by atoms with Crippen LogP contribution < -0.4 is 9.47 Å². The van der Waals surface area contributed by atoms with E-state index in [0.717, 1.165) is 0 Å². The number of benzene rings is 4. The minimum absolute atomic E-state index is 0.237. The summed E-state index contributed by atoms with van der Waals surface area (Å²) in [5.41, 5.74) is 0.935. The number of ether oxygens (including phenoxy) is 2. The molecule has 0 saturated carbocycles. The molecule has 13 heteroatoms. The summed E-state index contributed by atoms with van der Waals surface area (Å²) in [5, 5.41) is 4.30. The zero-order valence-corrected chi connectivity index (χ0v) is 25.0. The standard InChI is InChI=1S/C12H2Cl6O.C12H4Cl4O2/c13-3-1-5-7(11(17)9(3)15)8-6(19-5)2-4(14)10(16)12(8)18;13-5-1-9-10(2-6(5)14)18-12-4-8(16)7(15)3-11(12)17-9/h1-2H;1-4H. The molecule has 37 heavy (non-hydrogen) atoms. The fraction of sp³-hybridized carbons (Fsp3) is 0. The van der Waals surface area contributed by atoms with Gasteiger partial charge in [0.2, 0.25) is 0 Å². The smallest absolute Gasteiger partial charge is 0.171 e. The Morgan fingerprint density at radius 1 is 0.351 bits per heavy atom. The monoisotopic (exact) mass is 692 g/mol. The van der Waals surface area contributed by atoms with E-state index in [1.165, 1.54) is 0 Å². The van der Waals surface area contributed by atoms with Crippen LogP contribution in [0.15, 0.2) is 40.8 Å². The van der Waals surface area contributed by atoms with Crippen LogP contribution in [0.1, 0.15) is 0 Å². The van der Waals surface area contributed by atoms with Crippen molar-refractivity contribution in [2.45, 2.75) is 0 Å². The first-order chi connectivity index (χ1) is 17.5. The third kappa shape index (κ3) is 5.10. The van der Waals surface area contributed by atoms with Gasteiger partial charge in [0.25, 0.3) is 0 Å². The van der Waals surface area contributed by atoms with Crippen LogP contribution in [0.5, 0.6) is 23.0 Å². The van der Waals surface area contributed by atoms with E-state index < -0.39 is 0 Å². The molecule has 0 atom stereocenters. The third-order valence-corrected chi connectivity index (χ3v) is 9.10. The molecule has 1 aromatic heterocycles. The lowest BCUT2D eigenvalue weighted by molar-refractivity contribution is 0.359. The Balaban J connectivity index is 0.000000152. The fourth-order valence-corrected chi connectivity index (χ4v) is 5.44. The summed E-state index contributed by atoms with van der Waals surface area (Å²) in [6, 6.07) is 9.50. The van der Waals surface area contributed by atoms with Crippen molar-refractivity contribution in [1.29, 1.82) is 0 Å². The molecule has 6 rings (SSSR count). The second-order valence-electron chi connectivity index (χ2n) is 7.45. The first-order valence-corrected chi connectivity index (χ1v) is 13.6. The quantitative estimate of drug-likeness (QED) is 0.148. The third-order valence-electron chi connectivity index (χ3n) is 5.14. The van der Waals surface area contributed by atoms with Gasteiger partial charge in [0.1, 0.15) is 11.2 Å². The molecule has 0 radical (unpaired) electrons. The highest BCUT2D eigenvalue weighted by Gasteiger charge is 2.23. The van der Waals surface area contributed by atoms with Crippen molar-refractivity contribution in [2.24, 2.45) is 0 Å². The summed E-state index contributed by atoms with van der Waals surface area (Å²) in [6.07, 6.45) is 0. The van der Waals surface area contributed by atoms with Gasteiger partial charge in [-0.1, -0.05) is 116 Å². The molecule has 2 heterocycles. The lowest BCUT2D eigenvalue weighted by Gasteiger charge is -2.21. The van der Waals surface area contributed by atoms with E-state index in [0.29, 0.717) is 75.1 Å². The average molecular weight is 697 g/mol. The molecular formula is C24H6Cl10O3. The molecule has 0 fully saturated rings. The normalized spacial score (nSPS) is 11.9. The van der Waals surface area contributed by atoms with Crippen molar-refractivity contribution in [3.63, 3.8) is 0 Å². The van der Waals surface area contributed by atoms with Gasteiger partial charge in [-0.05, 0) is 0 Å². The first kappa shape index (κ1) is 27.7. The van der Waals surface area contributed by atoms with Crippen molar-refractivity contribution < 1.29 is 13.9 Å². The number of hydrogen-bond donors (Lipinski definition) is 0. The van der Waals surface area contributed by atoms with Gasteiger partial charge >= 0.3 is 0 Å². The van der Waals surface area contributed by atoms with E-state index in [1.54, 1.807) is 36.4 Å². The maximum absolute atomic E-state index is 6.20. The molecule has 0 bridgehead atoms. The van der Waals surface area contributed by atoms with Gasteiger partial charge in [0.15, 0.2) is 23.0 Å². The Kier molecular flexibility index (Phi) is 7.97. The molecule has 0 amide bonds. The molecule has 5 aromatic rings. The van der Waals surface area contributed by atoms with Crippen LogP contribution in [0.4, 0.5) is 0 Å². The summed E-state index contributed by atoms with van der Waals surface area (Å²) in [6.45, 7) is 0. The second kappa shape index (κ2) is 10.6. The van der Waals surface area contributed by atoms with Crippen LogP contribution in [0.25, 0.3) is 21.9 Å². The van der Waals surface area contributed by atoms with Gasteiger partial charge in [-0.25, -0.2) is 0 Å². The molecule has 0 unspecified atom stereocenters. The van der Waals surface area contributed by atoms with Gasteiger partial charge in [-0.15, -0.1) is 0 Å². The van der Waals surface area contributed by atoms with E-state index in [4.69, 9.17) is 130 Å². The zero-order chi connectivity index (χ0) is 26.8. The Hall–Kier alpha value is -0.820. The topological polar surface area (TPSA) is 31.6 Å². The molecule has 190 valence electrons. The minimum atomic E-state index is 0.237. The van der Waals surface area contributed by atoms with Crippen LogP contribution in [0, 0.1) is 0 Å². The number of hydrogen-bond acceptors (Lipinski definition) is 3. The molecular weight excluding hydrogens is 691 g/mol. The molecule has 0 aliphatic carbocycles. The van der Waals surface area contributed by atoms with E-state index in [1.807, 2.05) is 0 Å². The molecule has 1 aliphatic rings. The molecule has 0 saturated heterocycles. The maximum Gasteiger partial charge on any atom is 0.171 e. The van der Waals surface area contributed by atoms with E-state index in [9.17, 15) is 0 Å². The first-order valence-electron chi connectivity index (χ1n) is 9.83. The Labute approximate surface area is 259 Å². The largest absolute Gasteiger partial charge is 0.456 e. The highest BCUT2D eigenvalue weighted by Crippen LogP contribution is 2.50. The van der Waals surface area contributed by atoms with Crippen LogP contribution in [0.2, 0.25) is 50.2 Å². The number of furan rings is 1. The lowest BCUT2D eigenvalue weighted by Crippen LogP contribution is -1.99. The van der Waals surface area contributed by atoms with Crippen LogP contribution in [-0.2, 0) is 0 Å². The molecule has 3 nitrogen and oxygen atoms in total. The van der Waals surface area contributed by atoms with Crippen molar-refractivity contribution in [3.8, 4) is 23.0 Å². The Bertz CT molecular complexity index is 1570. The Morgan fingerprint density at radius 2 is 0.649 bits per heavy atom. The van der Waals surface area contributed by atoms with E-state index in [2.05, 4.69) is 0 Å². The number of halogens is 10. The van der Waals surface area contributed by atoms with Gasteiger partial charge in [-0.2, -0.15) is 0 Å². The average Bonchev–Trinajstić information content (AvgIpc) is 3.20. The summed E-state index contributed by atoms with van der Waals surface area (Å²) >= 11 is 60.0. The summed E-state index contributed by atoms with van der Waals surface area (Å²) in [7, 11) is 0. The minimum Gasteiger partial charge on any atom is -0.456 e. The summed E-state index contributed by atoms with van der Waals surface area (Å²) in [5.74, 6) is 1.93. The highest BCUT2D eigenvalue weighted by molar-refractivity contribution is 6.54. The van der Waals surface area contributed by atoms with Crippen LogP contribution >= 0.6 is 116 Å². The predicted octanol–water partition coefficient (Wildman–Crippen LogP) is 13.7. The second-order valence-corrected chi connectivity index (χ2v) is 11.4. The van der Waals surface area contributed by atoms with Crippen molar-refractivity contribution in [2.75, 3.05) is 0 Å². The summed E-state index contributed by atoms with van der Waals surface area (Å²) in [4.78, 5) is 0. The van der Waals surface area contributed by atoms with Gasteiger partial charge < -0.3 is 13.9 Å². The van der Waals surface area contributed by atoms with Gasteiger partial charge in [0, 0.05) is 47.2 Å². The van der Waals surface area contributed by atoms with Crippen molar-refractivity contribution >= 4 is 138 Å². The highest BCUT2D eigenvalue weighted by atomic mass is 35.5. The molecule has 0 N–H and O–H groups in total. The summed E-state index contributed by atoms with van der Waals surface area (Å²) < 4.78 is 16.9. The van der Waals surface area contributed by atoms with Crippen molar-refractivity contribution in [3.05, 3.63) is 86.6 Å². The predicted molar refractivity (Wildman–Crippen MR) is 157 cm³/mol.